The van der Waals surface area contributed by atoms with Gasteiger partial charge in [-0.3, -0.25) is 0 Å². The maximum absolute atomic E-state index is 11.2. The van der Waals surface area contributed by atoms with Gasteiger partial charge < -0.3 is 19.3 Å². The van der Waals surface area contributed by atoms with E-state index in [-0.39, 0.29) is 13.0 Å². The Hall–Kier alpha value is -1.47. The second kappa shape index (κ2) is 9.44. The molecule has 0 saturated carbocycles. The molecule has 0 aromatic rings. The van der Waals surface area contributed by atoms with Crippen molar-refractivity contribution in [1.82, 2.24) is 0 Å². The van der Waals surface area contributed by atoms with Crippen LogP contribution in [-0.2, 0) is 28.2 Å². The summed E-state index contributed by atoms with van der Waals surface area (Å²) < 4.78 is 24.4. The Kier molecular flexibility index (Phi) is 8.74. The first kappa shape index (κ1) is 18.5. The van der Waals surface area contributed by atoms with Gasteiger partial charge in [0.25, 0.3) is 0 Å². The molecule has 0 aliphatic heterocycles. The SMILES string of the molecule is CC=CC(=O)OCCC(OC(=O)C=CC)OP(=O)(O)O. The molecule has 0 aliphatic rings. The van der Waals surface area contributed by atoms with E-state index in [1.54, 1.807) is 13.8 Å². The average Bonchev–Trinajstić information content (AvgIpc) is 2.27. The van der Waals surface area contributed by atoms with E-state index in [2.05, 4.69) is 9.26 Å². The molecule has 9 heteroatoms. The normalized spacial score (nSPS) is 13.6. The summed E-state index contributed by atoms with van der Waals surface area (Å²) in [7, 11) is -4.83. The summed E-state index contributed by atoms with van der Waals surface area (Å²) >= 11 is 0. The number of hydrogen-bond donors (Lipinski definition) is 2. The Bertz CT molecular complexity index is 422. The molecular weight excluding hydrogens is 291 g/mol. The molecular formula is C11H17O8P. The van der Waals surface area contributed by atoms with Gasteiger partial charge in [0.05, 0.1) is 6.61 Å². The van der Waals surface area contributed by atoms with Gasteiger partial charge in [0, 0.05) is 18.6 Å². The van der Waals surface area contributed by atoms with Crippen molar-refractivity contribution in [3.05, 3.63) is 24.3 Å². The number of hydrogen-bond acceptors (Lipinski definition) is 6. The fourth-order valence-corrected chi connectivity index (χ4v) is 1.49. The van der Waals surface area contributed by atoms with E-state index in [4.69, 9.17) is 14.5 Å². The van der Waals surface area contributed by atoms with Crippen molar-refractivity contribution in [2.45, 2.75) is 26.6 Å². The van der Waals surface area contributed by atoms with E-state index in [1.165, 1.54) is 18.2 Å². The number of esters is 2. The summed E-state index contributed by atoms with van der Waals surface area (Å²) in [5.41, 5.74) is 0. The van der Waals surface area contributed by atoms with Crippen molar-refractivity contribution in [3.63, 3.8) is 0 Å². The maximum Gasteiger partial charge on any atom is 0.472 e. The molecule has 2 N–H and O–H groups in total. The standard InChI is InChI=1S/C11H17O8P/c1-3-5-9(12)17-8-7-11(19-20(14,15)16)18-10(13)6-4-2/h3-6,11H,7-8H2,1-2H3,(H2,14,15,16). The minimum absolute atomic E-state index is 0.211. The number of carbonyl (C=O) groups is 2. The Morgan fingerprint density at radius 3 is 2.20 bits per heavy atom. The molecule has 20 heavy (non-hydrogen) atoms. The highest BCUT2D eigenvalue weighted by atomic mass is 31.2. The van der Waals surface area contributed by atoms with Crippen LogP contribution in [0.1, 0.15) is 20.3 Å². The lowest BCUT2D eigenvalue weighted by Gasteiger charge is -2.17. The zero-order valence-corrected chi connectivity index (χ0v) is 12.0. The molecule has 0 heterocycles. The first-order valence-electron chi connectivity index (χ1n) is 5.65. The quantitative estimate of drug-likeness (QED) is 0.295. The number of rotatable bonds is 8. The first-order valence-corrected chi connectivity index (χ1v) is 7.18. The van der Waals surface area contributed by atoms with E-state index in [1.807, 2.05) is 0 Å². The third kappa shape index (κ3) is 10.5. The van der Waals surface area contributed by atoms with Crippen LogP contribution in [0.25, 0.3) is 0 Å². The molecule has 0 radical (unpaired) electrons. The van der Waals surface area contributed by atoms with E-state index < -0.39 is 26.1 Å². The highest BCUT2D eigenvalue weighted by Gasteiger charge is 2.25. The third-order valence-corrected chi connectivity index (χ3v) is 2.22. The van der Waals surface area contributed by atoms with Gasteiger partial charge in [-0.1, -0.05) is 12.2 Å². The zero-order chi connectivity index (χ0) is 15.6. The first-order chi connectivity index (χ1) is 9.28. The van der Waals surface area contributed by atoms with Crippen LogP contribution in [0.4, 0.5) is 0 Å². The molecule has 0 amide bonds. The Morgan fingerprint density at radius 1 is 1.15 bits per heavy atom. The molecule has 1 unspecified atom stereocenters. The molecule has 0 aliphatic carbocycles. The van der Waals surface area contributed by atoms with Crippen LogP contribution in [0.3, 0.4) is 0 Å². The number of phosphoric acid groups is 1. The lowest BCUT2D eigenvalue weighted by Crippen LogP contribution is -2.22. The minimum atomic E-state index is -4.83. The van der Waals surface area contributed by atoms with Gasteiger partial charge in [-0.15, -0.1) is 0 Å². The number of ether oxygens (including phenoxy) is 2. The van der Waals surface area contributed by atoms with Gasteiger partial charge in [0.2, 0.25) is 6.29 Å². The Morgan fingerprint density at radius 2 is 1.70 bits per heavy atom. The van der Waals surface area contributed by atoms with Crippen LogP contribution >= 0.6 is 7.82 Å². The topological polar surface area (TPSA) is 119 Å². The van der Waals surface area contributed by atoms with Crippen molar-refractivity contribution in [3.8, 4) is 0 Å². The van der Waals surface area contributed by atoms with E-state index in [0.717, 1.165) is 6.08 Å². The van der Waals surface area contributed by atoms with Gasteiger partial charge in [-0.2, -0.15) is 0 Å². The Balaban J connectivity index is 4.42. The van der Waals surface area contributed by atoms with Gasteiger partial charge in [0.1, 0.15) is 0 Å². The summed E-state index contributed by atoms with van der Waals surface area (Å²) in [5, 5.41) is 0. The van der Waals surface area contributed by atoms with Crippen molar-refractivity contribution >= 4 is 19.8 Å². The van der Waals surface area contributed by atoms with Gasteiger partial charge >= 0.3 is 19.8 Å². The monoisotopic (exact) mass is 308 g/mol. The highest BCUT2D eigenvalue weighted by molar-refractivity contribution is 7.46. The van der Waals surface area contributed by atoms with Gasteiger partial charge in [-0.25, -0.2) is 18.7 Å². The van der Waals surface area contributed by atoms with Gasteiger partial charge in [0.15, 0.2) is 0 Å². The molecule has 0 saturated heterocycles. The second-order valence-corrected chi connectivity index (χ2v) is 4.61. The largest absolute Gasteiger partial charge is 0.472 e. The zero-order valence-electron chi connectivity index (χ0n) is 11.1. The summed E-state index contributed by atoms with van der Waals surface area (Å²) in [6.07, 6.45) is 3.36. The van der Waals surface area contributed by atoms with Crippen LogP contribution < -0.4 is 0 Å². The van der Waals surface area contributed by atoms with Crippen LogP contribution in [0, 0.1) is 0 Å². The van der Waals surface area contributed by atoms with Gasteiger partial charge in [-0.05, 0) is 13.8 Å². The summed E-state index contributed by atoms with van der Waals surface area (Å²) in [5.74, 6) is -1.45. The number of carbonyl (C=O) groups excluding carboxylic acids is 2. The van der Waals surface area contributed by atoms with Crippen molar-refractivity contribution in [2.75, 3.05) is 6.61 Å². The summed E-state index contributed by atoms with van der Waals surface area (Å²) in [6.45, 7) is 2.97. The fraction of sp³-hybridized carbons (Fsp3) is 0.455. The smallest absolute Gasteiger partial charge is 0.462 e. The summed E-state index contributed by atoms with van der Waals surface area (Å²) in [4.78, 5) is 39.6. The lowest BCUT2D eigenvalue weighted by atomic mass is 10.4. The second-order valence-electron chi connectivity index (χ2n) is 3.42. The van der Waals surface area contributed by atoms with Crippen molar-refractivity contribution in [2.24, 2.45) is 0 Å². The molecule has 0 aromatic carbocycles. The summed E-state index contributed by atoms with van der Waals surface area (Å²) in [6, 6.07) is 0. The van der Waals surface area contributed by atoms with Crippen molar-refractivity contribution in [1.29, 1.82) is 0 Å². The molecule has 0 spiro atoms. The molecule has 114 valence electrons. The minimum Gasteiger partial charge on any atom is -0.462 e. The van der Waals surface area contributed by atoms with Crippen molar-refractivity contribution < 1.29 is 37.9 Å². The number of allylic oxidation sites excluding steroid dienone is 2. The predicted octanol–water partition coefficient (Wildman–Crippen LogP) is 1.05. The fourth-order valence-electron chi connectivity index (χ4n) is 1.03. The Labute approximate surface area is 116 Å². The highest BCUT2D eigenvalue weighted by Crippen LogP contribution is 2.38. The lowest BCUT2D eigenvalue weighted by molar-refractivity contribution is -0.162. The third-order valence-electron chi connectivity index (χ3n) is 1.71. The van der Waals surface area contributed by atoms with Crippen LogP contribution in [0.15, 0.2) is 24.3 Å². The molecule has 0 fully saturated rings. The van der Waals surface area contributed by atoms with Crippen LogP contribution in [0.5, 0.6) is 0 Å². The predicted molar refractivity (Wildman–Crippen MR) is 68.2 cm³/mol. The molecule has 1 atom stereocenters. The number of phosphoric ester groups is 1. The van der Waals surface area contributed by atoms with Crippen LogP contribution in [-0.4, -0.2) is 34.6 Å². The average molecular weight is 308 g/mol. The molecule has 8 nitrogen and oxygen atoms in total. The van der Waals surface area contributed by atoms with Crippen LogP contribution in [0.2, 0.25) is 0 Å². The van der Waals surface area contributed by atoms with E-state index >= 15 is 0 Å². The molecule has 0 rings (SSSR count). The molecule has 0 aromatic heterocycles. The van der Waals surface area contributed by atoms with E-state index in [9.17, 15) is 14.2 Å². The van der Waals surface area contributed by atoms with E-state index in [0.29, 0.717) is 0 Å². The maximum atomic E-state index is 11.2. The molecule has 0 bridgehead atoms.